The minimum Gasteiger partial charge on any atom is -0.355 e. The summed E-state index contributed by atoms with van der Waals surface area (Å²) < 4.78 is 0. The minimum atomic E-state index is -0.00333. The zero-order valence-electron chi connectivity index (χ0n) is 18.3. The Bertz CT molecular complexity index is 1110. The second-order valence-electron chi connectivity index (χ2n) is 8.78. The van der Waals surface area contributed by atoms with Crippen LogP contribution in [0.4, 0.5) is 0 Å². The second kappa shape index (κ2) is 9.43. The molecule has 1 fully saturated rings. The fourth-order valence-electron chi connectivity index (χ4n) is 4.91. The number of carbonyl (C=O) groups excluding carboxylic acids is 2. The van der Waals surface area contributed by atoms with Crippen molar-refractivity contribution in [3.63, 3.8) is 0 Å². The van der Waals surface area contributed by atoms with Crippen LogP contribution in [0, 0.1) is 5.92 Å². The van der Waals surface area contributed by atoms with Gasteiger partial charge in [-0.05, 0) is 53.1 Å². The fourth-order valence-corrected chi connectivity index (χ4v) is 5.80. The number of fused-ring (bicyclic) bond motifs is 2. The van der Waals surface area contributed by atoms with Crippen LogP contribution in [0.3, 0.4) is 0 Å². The number of piperidine rings is 1. The Hall–Kier alpha value is -2.70. The van der Waals surface area contributed by atoms with Gasteiger partial charge in [-0.1, -0.05) is 36.4 Å². The van der Waals surface area contributed by atoms with Gasteiger partial charge in [0, 0.05) is 55.6 Å². The molecule has 1 aromatic heterocycles. The molecule has 0 aliphatic carbocycles. The maximum atomic E-state index is 13.1. The summed E-state index contributed by atoms with van der Waals surface area (Å²) in [5.41, 5.74) is 2.19. The summed E-state index contributed by atoms with van der Waals surface area (Å²) in [5, 5.41) is 7.38. The third-order valence-corrected chi connectivity index (χ3v) is 7.81. The number of nitrogens with one attached hydrogen (secondary N) is 1. The first-order chi connectivity index (χ1) is 15.7. The van der Waals surface area contributed by atoms with E-state index in [1.807, 2.05) is 58.7 Å². The van der Waals surface area contributed by atoms with Gasteiger partial charge in [-0.15, -0.1) is 11.3 Å². The molecular formula is C26H29N3O2S. The van der Waals surface area contributed by atoms with Crippen molar-refractivity contribution in [3.05, 3.63) is 69.9 Å². The topological polar surface area (TPSA) is 52.7 Å². The predicted octanol–water partition coefficient (Wildman–Crippen LogP) is 3.93. The van der Waals surface area contributed by atoms with Gasteiger partial charge in [-0.2, -0.15) is 0 Å². The molecule has 0 spiro atoms. The summed E-state index contributed by atoms with van der Waals surface area (Å²) in [5.74, 6) is 0.199. The van der Waals surface area contributed by atoms with Crippen molar-refractivity contribution >= 4 is 33.9 Å². The number of hydrogen-bond acceptors (Lipinski definition) is 4. The average molecular weight is 448 g/mol. The molecule has 32 heavy (non-hydrogen) atoms. The number of likely N-dealkylation sites (tertiary alicyclic amines) is 1. The Kier molecular flexibility index (Phi) is 6.23. The second-order valence-corrected chi connectivity index (χ2v) is 9.78. The highest BCUT2D eigenvalue weighted by Crippen LogP contribution is 2.25. The van der Waals surface area contributed by atoms with Crippen molar-refractivity contribution in [3.8, 4) is 0 Å². The SMILES string of the molecule is O=C(NCCN1CCc2sccc2C1)C1CCN(C(=O)c2cccc3ccccc23)CC1. The lowest BCUT2D eigenvalue weighted by molar-refractivity contribution is -0.126. The molecule has 5 rings (SSSR count). The largest absolute Gasteiger partial charge is 0.355 e. The summed E-state index contributed by atoms with van der Waals surface area (Å²) >= 11 is 1.85. The van der Waals surface area contributed by atoms with Crippen molar-refractivity contribution in [2.75, 3.05) is 32.7 Å². The van der Waals surface area contributed by atoms with E-state index in [0.29, 0.717) is 19.6 Å². The molecule has 0 atom stereocenters. The van der Waals surface area contributed by atoms with Crippen LogP contribution in [-0.4, -0.2) is 54.3 Å². The van der Waals surface area contributed by atoms with Gasteiger partial charge in [0.15, 0.2) is 0 Å². The first-order valence-electron chi connectivity index (χ1n) is 11.5. The highest BCUT2D eigenvalue weighted by atomic mass is 32.1. The molecule has 0 unspecified atom stereocenters. The highest BCUT2D eigenvalue weighted by Gasteiger charge is 2.28. The zero-order valence-corrected chi connectivity index (χ0v) is 19.1. The van der Waals surface area contributed by atoms with E-state index in [0.717, 1.165) is 55.2 Å². The lowest BCUT2D eigenvalue weighted by Crippen LogP contribution is -2.44. The number of amides is 2. The third-order valence-electron chi connectivity index (χ3n) is 6.79. The Morgan fingerprint density at radius 3 is 2.69 bits per heavy atom. The summed E-state index contributed by atoms with van der Waals surface area (Å²) in [7, 11) is 0. The Morgan fingerprint density at radius 2 is 1.81 bits per heavy atom. The van der Waals surface area contributed by atoms with Crippen molar-refractivity contribution in [2.45, 2.75) is 25.8 Å². The molecule has 3 heterocycles. The smallest absolute Gasteiger partial charge is 0.254 e. The van der Waals surface area contributed by atoms with Crippen LogP contribution in [-0.2, 0) is 17.8 Å². The van der Waals surface area contributed by atoms with Crippen LogP contribution >= 0.6 is 11.3 Å². The molecule has 6 heteroatoms. The van der Waals surface area contributed by atoms with Crippen LogP contribution in [0.15, 0.2) is 53.9 Å². The van der Waals surface area contributed by atoms with Crippen LogP contribution in [0.2, 0.25) is 0 Å². The molecular weight excluding hydrogens is 418 g/mol. The molecule has 5 nitrogen and oxygen atoms in total. The molecule has 3 aromatic rings. The van der Waals surface area contributed by atoms with Gasteiger partial charge in [0.1, 0.15) is 0 Å². The van der Waals surface area contributed by atoms with Crippen molar-refractivity contribution < 1.29 is 9.59 Å². The molecule has 0 saturated carbocycles. The normalized spacial score (nSPS) is 17.3. The van der Waals surface area contributed by atoms with Crippen LogP contribution in [0.1, 0.15) is 33.6 Å². The molecule has 2 amide bonds. The lowest BCUT2D eigenvalue weighted by atomic mass is 9.95. The maximum absolute atomic E-state index is 13.1. The van der Waals surface area contributed by atoms with Crippen LogP contribution in [0.25, 0.3) is 10.8 Å². The number of thiophene rings is 1. The summed E-state index contributed by atoms with van der Waals surface area (Å²) in [6.07, 6.45) is 2.57. The minimum absolute atomic E-state index is 0.00333. The van der Waals surface area contributed by atoms with E-state index >= 15 is 0 Å². The molecule has 0 bridgehead atoms. The number of nitrogens with zero attached hydrogens (tertiary/aromatic N) is 2. The summed E-state index contributed by atoms with van der Waals surface area (Å²) in [4.78, 5) is 31.6. The zero-order chi connectivity index (χ0) is 21.9. The van der Waals surface area contributed by atoms with Crippen LogP contribution < -0.4 is 5.32 Å². The number of carbonyl (C=O) groups is 2. The lowest BCUT2D eigenvalue weighted by Gasteiger charge is -2.32. The van der Waals surface area contributed by atoms with E-state index in [9.17, 15) is 9.59 Å². The molecule has 1 N–H and O–H groups in total. The molecule has 2 aliphatic heterocycles. The Morgan fingerprint density at radius 1 is 1.00 bits per heavy atom. The van der Waals surface area contributed by atoms with Crippen molar-refractivity contribution in [1.82, 2.24) is 15.1 Å². The van der Waals surface area contributed by atoms with Gasteiger partial charge >= 0.3 is 0 Å². The van der Waals surface area contributed by atoms with Gasteiger partial charge < -0.3 is 10.2 Å². The third kappa shape index (κ3) is 4.43. The molecule has 0 radical (unpaired) electrons. The monoisotopic (exact) mass is 447 g/mol. The summed E-state index contributed by atoms with van der Waals surface area (Å²) in [6, 6.07) is 16.1. The van der Waals surface area contributed by atoms with Gasteiger partial charge in [-0.3, -0.25) is 14.5 Å². The van der Waals surface area contributed by atoms with E-state index in [4.69, 9.17) is 0 Å². The average Bonchev–Trinajstić information content (AvgIpc) is 3.31. The van der Waals surface area contributed by atoms with E-state index in [-0.39, 0.29) is 17.7 Å². The Labute approximate surface area is 193 Å². The molecule has 1 saturated heterocycles. The number of benzene rings is 2. The quantitative estimate of drug-likeness (QED) is 0.645. The summed E-state index contributed by atoms with van der Waals surface area (Å²) in [6.45, 7) is 4.90. The molecule has 2 aromatic carbocycles. The Balaban J connectivity index is 1.10. The fraction of sp³-hybridized carbons (Fsp3) is 0.385. The van der Waals surface area contributed by atoms with E-state index in [2.05, 4.69) is 21.7 Å². The number of rotatable bonds is 5. The van der Waals surface area contributed by atoms with E-state index in [1.54, 1.807) is 0 Å². The standard InChI is InChI=1S/C26H29N3O2S/c30-25(27-12-16-28-13-10-24-21(18-28)11-17-32-24)20-8-14-29(15-9-20)26(31)23-7-3-5-19-4-1-2-6-22(19)23/h1-7,11,17,20H,8-10,12-16,18H2,(H,27,30). The van der Waals surface area contributed by atoms with E-state index < -0.39 is 0 Å². The first-order valence-corrected chi connectivity index (χ1v) is 12.4. The molecule has 166 valence electrons. The molecule has 2 aliphatic rings. The van der Waals surface area contributed by atoms with Gasteiger partial charge in [-0.25, -0.2) is 0 Å². The first kappa shape index (κ1) is 21.2. The van der Waals surface area contributed by atoms with Crippen molar-refractivity contribution in [2.24, 2.45) is 5.92 Å². The van der Waals surface area contributed by atoms with Crippen LogP contribution in [0.5, 0.6) is 0 Å². The van der Waals surface area contributed by atoms with Gasteiger partial charge in [0.05, 0.1) is 0 Å². The van der Waals surface area contributed by atoms with Crippen molar-refractivity contribution in [1.29, 1.82) is 0 Å². The highest BCUT2D eigenvalue weighted by molar-refractivity contribution is 7.10. The van der Waals surface area contributed by atoms with Gasteiger partial charge in [0.25, 0.3) is 5.91 Å². The predicted molar refractivity (Wildman–Crippen MR) is 129 cm³/mol. The maximum Gasteiger partial charge on any atom is 0.254 e. The van der Waals surface area contributed by atoms with Gasteiger partial charge in [0.2, 0.25) is 5.91 Å². The number of hydrogen-bond donors (Lipinski definition) is 1. The van der Waals surface area contributed by atoms with E-state index in [1.165, 1.54) is 10.4 Å².